The maximum atomic E-state index is 4.23. The Balaban J connectivity index is 2.63. The van der Waals surface area contributed by atoms with Crippen molar-refractivity contribution >= 4 is 6.08 Å². The summed E-state index contributed by atoms with van der Waals surface area (Å²) in [5, 5.41) is 0. The molecule has 0 saturated heterocycles. The number of allylic oxidation sites excluding steroid dienone is 1. The summed E-state index contributed by atoms with van der Waals surface area (Å²) in [5.41, 5.74) is 0. The Bertz CT molecular complexity index is 248. The molecule has 0 atom stereocenters. The number of hydrogen-bond donors (Lipinski definition) is 0. The van der Waals surface area contributed by atoms with E-state index in [1.807, 2.05) is 31.5 Å². The van der Waals surface area contributed by atoms with Crippen molar-refractivity contribution in [2.45, 2.75) is 33.2 Å². The summed E-state index contributed by atoms with van der Waals surface area (Å²) in [5.74, 6) is 1.06. The Kier molecular flexibility index (Phi) is 3.58. The van der Waals surface area contributed by atoms with E-state index in [1.165, 1.54) is 12.8 Å². The first-order valence-electron chi connectivity index (χ1n) is 4.52. The number of unbranched alkanes of at least 4 members (excludes halogenated alkanes) is 1. The quantitative estimate of drug-likeness (QED) is 0.669. The second kappa shape index (κ2) is 4.75. The Morgan fingerprint density at radius 3 is 3.08 bits per heavy atom. The first-order valence-corrected chi connectivity index (χ1v) is 4.52. The Morgan fingerprint density at radius 2 is 2.42 bits per heavy atom. The smallest absolute Gasteiger partial charge is 0.132 e. The average molecular weight is 164 g/mol. The Morgan fingerprint density at radius 1 is 1.58 bits per heavy atom. The molecule has 2 heteroatoms. The van der Waals surface area contributed by atoms with Crippen LogP contribution in [-0.2, 0) is 6.54 Å². The lowest BCUT2D eigenvalue weighted by molar-refractivity contribution is 0.627. The van der Waals surface area contributed by atoms with E-state index in [1.54, 1.807) is 0 Å². The van der Waals surface area contributed by atoms with Gasteiger partial charge in [-0.2, -0.15) is 0 Å². The highest BCUT2D eigenvalue weighted by Crippen LogP contribution is 2.02. The van der Waals surface area contributed by atoms with Gasteiger partial charge in [0.1, 0.15) is 5.82 Å². The van der Waals surface area contributed by atoms with E-state index >= 15 is 0 Å². The van der Waals surface area contributed by atoms with Crippen LogP contribution in [0.4, 0.5) is 0 Å². The molecule has 0 amide bonds. The number of rotatable bonds is 4. The summed E-state index contributed by atoms with van der Waals surface area (Å²) in [6.45, 7) is 5.29. The molecule has 0 fully saturated rings. The molecule has 2 nitrogen and oxygen atoms in total. The predicted molar refractivity (Wildman–Crippen MR) is 51.8 cm³/mol. The Labute approximate surface area is 73.9 Å². The molecule has 0 radical (unpaired) electrons. The normalized spacial score (nSPS) is 11.2. The molecule has 66 valence electrons. The highest BCUT2D eigenvalue weighted by atomic mass is 15.0. The Hall–Kier alpha value is -1.05. The van der Waals surface area contributed by atoms with Gasteiger partial charge in [0.25, 0.3) is 0 Å². The van der Waals surface area contributed by atoms with E-state index in [4.69, 9.17) is 0 Å². The van der Waals surface area contributed by atoms with E-state index in [0.29, 0.717) is 0 Å². The fraction of sp³-hybridized carbons (Fsp3) is 0.500. The van der Waals surface area contributed by atoms with Gasteiger partial charge in [0.15, 0.2) is 0 Å². The van der Waals surface area contributed by atoms with Crippen molar-refractivity contribution in [3.63, 3.8) is 0 Å². The molecular weight excluding hydrogens is 148 g/mol. The molecule has 0 aliphatic rings. The fourth-order valence-electron chi connectivity index (χ4n) is 1.15. The molecule has 0 N–H and O–H groups in total. The number of hydrogen-bond acceptors (Lipinski definition) is 1. The van der Waals surface area contributed by atoms with E-state index in [-0.39, 0.29) is 0 Å². The van der Waals surface area contributed by atoms with Crippen LogP contribution in [0.25, 0.3) is 6.08 Å². The van der Waals surface area contributed by atoms with Gasteiger partial charge in [0.05, 0.1) is 0 Å². The van der Waals surface area contributed by atoms with Crippen molar-refractivity contribution in [1.82, 2.24) is 9.55 Å². The van der Waals surface area contributed by atoms with Crippen LogP contribution in [0.15, 0.2) is 18.5 Å². The van der Waals surface area contributed by atoms with E-state index in [9.17, 15) is 0 Å². The average Bonchev–Trinajstić information content (AvgIpc) is 2.50. The van der Waals surface area contributed by atoms with Gasteiger partial charge in [-0.1, -0.05) is 19.4 Å². The maximum absolute atomic E-state index is 4.23. The van der Waals surface area contributed by atoms with Crippen LogP contribution in [0.1, 0.15) is 32.5 Å². The lowest BCUT2D eigenvalue weighted by Gasteiger charge is -2.02. The highest BCUT2D eigenvalue weighted by Gasteiger charge is 1.95. The molecule has 0 aromatic carbocycles. The molecule has 0 aliphatic heterocycles. The highest BCUT2D eigenvalue weighted by molar-refractivity contribution is 5.39. The van der Waals surface area contributed by atoms with Gasteiger partial charge in [0, 0.05) is 18.9 Å². The van der Waals surface area contributed by atoms with Crippen LogP contribution in [0.3, 0.4) is 0 Å². The molecule has 0 spiro atoms. The number of aromatic nitrogens is 2. The molecule has 12 heavy (non-hydrogen) atoms. The van der Waals surface area contributed by atoms with E-state index in [2.05, 4.69) is 16.5 Å². The summed E-state index contributed by atoms with van der Waals surface area (Å²) >= 11 is 0. The molecule has 0 aliphatic carbocycles. The lowest BCUT2D eigenvalue weighted by atomic mass is 10.3. The van der Waals surface area contributed by atoms with Gasteiger partial charge in [-0.25, -0.2) is 4.98 Å². The predicted octanol–water partition coefficient (Wildman–Crippen LogP) is 2.72. The van der Waals surface area contributed by atoms with Crippen LogP contribution in [-0.4, -0.2) is 9.55 Å². The number of nitrogens with zero attached hydrogens (tertiary/aromatic N) is 2. The zero-order valence-electron chi connectivity index (χ0n) is 7.83. The van der Waals surface area contributed by atoms with Crippen LogP contribution in [0, 0.1) is 0 Å². The van der Waals surface area contributed by atoms with Gasteiger partial charge >= 0.3 is 0 Å². The van der Waals surface area contributed by atoms with Crippen molar-refractivity contribution in [1.29, 1.82) is 0 Å². The standard InChI is InChI=1S/C10H16N2/c1-3-5-8-12-9-7-11-10(12)6-4-2/h4,6-7,9H,3,5,8H2,1-2H3. The molecule has 0 unspecified atom stereocenters. The first kappa shape index (κ1) is 9.04. The SMILES string of the molecule is CC=Cc1nccn1CCCC. The van der Waals surface area contributed by atoms with Crippen molar-refractivity contribution in [3.05, 3.63) is 24.3 Å². The van der Waals surface area contributed by atoms with Crippen molar-refractivity contribution in [2.24, 2.45) is 0 Å². The lowest BCUT2D eigenvalue weighted by Crippen LogP contribution is -1.98. The van der Waals surface area contributed by atoms with E-state index in [0.717, 1.165) is 12.4 Å². The van der Waals surface area contributed by atoms with Gasteiger partial charge in [-0.15, -0.1) is 0 Å². The summed E-state index contributed by atoms with van der Waals surface area (Å²) in [7, 11) is 0. The van der Waals surface area contributed by atoms with Gasteiger partial charge in [-0.05, 0) is 19.4 Å². The van der Waals surface area contributed by atoms with Crippen LogP contribution in [0.2, 0.25) is 0 Å². The van der Waals surface area contributed by atoms with Gasteiger partial charge < -0.3 is 4.57 Å². The molecule has 0 bridgehead atoms. The first-order chi connectivity index (χ1) is 5.88. The molecule has 1 rings (SSSR count). The third kappa shape index (κ3) is 2.22. The minimum Gasteiger partial charge on any atom is -0.332 e. The third-order valence-electron chi connectivity index (χ3n) is 1.82. The zero-order valence-corrected chi connectivity index (χ0v) is 7.83. The second-order valence-corrected chi connectivity index (χ2v) is 2.83. The van der Waals surface area contributed by atoms with Crippen molar-refractivity contribution in [3.8, 4) is 0 Å². The fourth-order valence-corrected chi connectivity index (χ4v) is 1.15. The third-order valence-corrected chi connectivity index (χ3v) is 1.82. The van der Waals surface area contributed by atoms with Crippen LogP contribution in [0.5, 0.6) is 0 Å². The number of imidazole rings is 1. The molecule has 1 aromatic heterocycles. The largest absolute Gasteiger partial charge is 0.332 e. The van der Waals surface area contributed by atoms with E-state index < -0.39 is 0 Å². The zero-order chi connectivity index (χ0) is 8.81. The topological polar surface area (TPSA) is 17.8 Å². The molecule has 1 aromatic rings. The molecule has 0 saturated carbocycles. The van der Waals surface area contributed by atoms with Crippen LogP contribution >= 0.6 is 0 Å². The monoisotopic (exact) mass is 164 g/mol. The molecule has 1 heterocycles. The summed E-state index contributed by atoms with van der Waals surface area (Å²) in [4.78, 5) is 4.23. The number of aryl methyl sites for hydroxylation is 1. The van der Waals surface area contributed by atoms with Crippen molar-refractivity contribution in [2.75, 3.05) is 0 Å². The van der Waals surface area contributed by atoms with Crippen LogP contribution < -0.4 is 0 Å². The molecular formula is C10H16N2. The minimum atomic E-state index is 1.06. The van der Waals surface area contributed by atoms with Gasteiger partial charge in [0.2, 0.25) is 0 Å². The second-order valence-electron chi connectivity index (χ2n) is 2.83. The summed E-state index contributed by atoms with van der Waals surface area (Å²) < 4.78 is 2.18. The van der Waals surface area contributed by atoms with Gasteiger partial charge in [-0.3, -0.25) is 0 Å². The minimum absolute atomic E-state index is 1.06. The van der Waals surface area contributed by atoms with Crippen molar-refractivity contribution < 1.29 is 0 Å². The maximum Gasteiger partial charge on any atom is 0.132 e. The summed E-state index contributed by atoms with van der Waals surface area (Å²) in [6.07, 6.45) is 10.4. The summed E-state index contributed by atoms with van der Waals surface area (Å²) in [6, 6.07) is 0.